The van der Waals surface area contributed by atoms with Crippen molar-refractivity contribution in [3.05, 3.63) is 125 Å². The maximum atomic E-state index is 13.4. The normalized spacial score (nSPS) is 13.4. The minimum Gasteiger partial charge on any atom is -0.478 e. The van der Waals surface area contributed by atoms with E-state index < -0.39 is 30.1 Å². The Hall–Kier alpha value is -4.95. The molecule has 0 spiro atoms. The van der Waals surface area contributed by atoms with Crippen molar-refractivity contribution in [2.24, 2.45) is 0 Å². The first-order valence-electron chi connectivity index (χ1n) is 13.7. The van der Waals surface area contributed by atoms with Crippen LogP contribution in [0, 0.1) is 6.92 Å². The van der Waals surface area contributed by atoms with E-state index >= 15 is 0 Å². The van der Waals surface area contributed by atoms with Crippen molar-refractivity contribution in [3.63, 3.8) is 0 Å². The largest absolute Gasteiger partial charge is 0.478 e. The van der Waals surface area contributed by atoms with E-state index in [2.05, 4.69) is 22.8 Å². The predicted octanol–water partition coefficient (Wildman–Crippen LogP) is 6.14. The molecule has 1 aliphatic carbocycles. The van der Waals surface area contributed by atoms with Crippen molar-refractivity contribution in [2.45, 2.75) is 38.5 Å². The summed E-state index contributed by atoms with van der Waals surface area (Å²) < 4.78 is 11.7. The highest BCUT2D eigenvalue weighted by molar-refractivity contribution is 5.98. The molecule has 2 amide bonds. The minimum absolute atomic E-state index is 0.100. The lowest BCUT2D eigenvalue weighted by Crippen LogP contribution is -2.51. The summed E-state index contributed by atoms with van der Waals surface area (Å²) in [6, 6.07) is 29.0. The lowest BCUT2D eigenvalue weighted by Gasteiger charge is -2.25. The molecule has 4 aromatic rings. The average Bonchev–Trinajstić information content (AvgIpc) is 3.31. The van der Waals surface area contributed by atoms with Crippen LogP contribution >= 0.6 is 0 Å². The molecule has 1 aliphatic rings. The molecule has 3 N–H and O–H groups in total. The van der Waals surface area contributed by atoms with Crippen LogP contribution in [0.1, 0.15) is 45.5 Å². The molecule has 8 heteroatoms. The molecule has 0 heterocycles. The van der Waals surface area contributed by atoms with Crippen molar-refractivity contribution < 1.29 is 29.0 Å². The number of rotatable bonds is 10. The summed E-state index contributed by atoms with van der Waals surface area (Å²) in [6.45, 7) is 3.70. The van der Waals surface area contributed by atoms with E-state index in [9.17, 15) is 19.5 Å². The first kappa shape index (κ1) is 28.6. The van der Waals surface area contributed by atoms with Gasteiger partial charge in [-0.25, -0.2) is 9.59 Å². The van der Waals surface area contributed by atoms with Gasteiger partial charge in [-0.3, -0.25) is 4.79 Å². The molecule has 8 nitrogen and oxygen atoms in total. The zero-order valence-electron chi connectivity index (χ0n) is 23.4. The second-order valence-corrected chi connectivity index (χ2v) is 10.3. The summed E-state index contributed by atoms with van der Waals surface area (Å²) in [6.07, 6.45) is -1.46. The average molecular weight is 565 g/mol. The fraction of sp³-hybridized carbons (Fsp3) is 0.206. The summed E-state index contributed by atoms with van der Waals surface area (Å²) in [5, 5.41) is 14.8. The molecule has 0 unspecified atom stereocenters. The van der Waals surface area contributed by atoms with E-state index in [1.54, 1.807) is 19.9 Å². The molecule has 0 bridgehead atoms. The van der Waals surface area contributed by atoms with E-state index in [1.807, 2.05) is 66.7 Å². The number of alkyl carbamates (subject to hydrolysis) is 1. The molecule has 2 atom stereocenters. The predicted molar refractivity (Wildman–Crippen MR) is 159 cm³/mol. The number of nitrogens with one attached hydrogen (secondary N) is 2. The summed E-state index contributed by atoms with van der Waals surface area (Å²) >= 11 is 0. The Balaban J connectivity index is 1.29. The Labute approximate surface area is 244 Å². The molecule has 42 heavy (non-hydrogen) atoms. The van der Waals surface area contributed by atoms with E-state index in [0.29, 0.717) is 11.3 Å². The Bertz CT molecular complexity index is 1560. The molecular weight excluding hydrogens is 532 g/mol. The molecule has 0 saturated heterocycles. The summed E-state index contributed by atoms with van der Waals surface area (Å²) in [4.78, 5) is 37.9. The van der Waals surface area contributed by atoms with Gasteiger partial charge in [0.1, 0.15) is 12.6 Å². The van der Waals surface area contributed by atoms with Crippen LogP contribution in [0.3, 0.4) is 0 Å². The van der Waals surface area contributed by atoms with Crippen molar-refractivity contribution in [1.82, 2.24) is 5.32 Å². The molecule has 0 saturated carbocycles. The second kappa shape index (κ2) is 12.7. The summed E-state index contributed by atoms with van der Waals surface area (Å²) in [7, 11) is 0. The molecular formula is C34H32N2O6. The number of aromatic carboxylic acids is 1. The highest BCUT2D eigenvalue weighted by Gasteiger charge is 2.32. The van der Waals surface area contributed by atoms with E-state index in [-0.39, 0.29) is 24.7 Å². The van der Waals surface area contributed by atoms with Crippen LogP contribution in [0.15, 0.2) is 97.1 Å². The molecule has 4 aromatic carbocycles. The molecule has 214 valence electrons. The summed E-state index contributed by atoms with van der Waals surface area (Å²) in [5.41, 5.74) is 6.36. The van der Waals surface area contributed by atoms with Gasteiger partial charge in [0.2, 0.25) is 5.91 Å². The number of fused-ring (bicyclic) bond motifs is 3. The van der Waals surface area contributed by atoms with Crippen LogP contribution in [0.2, 0.25) is 0 Å². The molecule has 0 aliphatic heterocycles. The lowest BCUT2D eigenvalue weighted by molar-refractivity contribution is -0.121. The van der Waals surface area contributed by atoms with E-state index in [1.165, 1.54) is 12.1 Å². The first-order chi connectivity index (χ1) is 20.3. The Morgan fingerprint density at radius 3 is 2.10 bits per heavy atom. The fourth-order valence-electron chi connectivity index (χ4n) is 5.26. The van der Waals surface area contributed by atoms with Gasteiger partial charge in [-0.05, 0) is 65.4 Å². The van der Waals surface area contributed by atoms with Crippen molar-refractivity contribution in [1.29, 1.82) is 0 Å². The third kappa shape index (κ3) is 6.34. The number of amides is 2. The highest BCUT2D eigenvalue weighted by Crippen LogP contribution is 2.44. The van der Waals surface area contributed by atoms with E-state index in [4.69, 9.17) is 9.47 Å². The number of carbonyl (C=O) groups is 3. The third-order valence-electron chi connectivity index (χ3n) is 7.45. The van der Waals surface area contributed by atoms with Crippen LogP contribution in [0.5, 0.6) is 0 Å². The standard InChI is InChI=1S/C34H32N2O6/c1-21-18-24(16-17-25(21)33(38)39)35-32(37)31(22(2)41-19-23-10-4-3-5-11-23)36-34(40)42-20-30-28-14-8-6-12-26(28)27-13-7-9-15-29(27)30/h3-18,22,30-31H,19-20H2,1-2H3,(H,35,37)(H,36,40)(H,38,39)/t22-,31+/m0/s1. The maximum Gasteiger partial charge on any atom is 0.407 e. The van der Waals surface area contributed by atoms with Crippen molar-refractivity contribution >= 4 is 23.7 Å². The Morgan fingerprint density at radius 1 is 0.857 bits per heavy atom. The number of hydrogen-bond acceptors (Lipinski definition) is 5. The van der Waals surface area contributed by atoms with Gasteiger partial charge in [0.25, 0.3) is 0 Å². The molecule has 5 rings (SSSR count). The Kier molecular flexibility index (Phi) is 8.64. The Morgan fingerprint density at radius 2 is 1.48 bits per heavy atom. The number of anilines is 1. The number of benzene rings is 4. The SMILES string of the molecule is Cc1cc(NC(=O)[C@H](NC(=O)OCC2c3ccccc3-c3ccccc32)[C@H](C)OCc2ccccc2)ccc1C(=O)O. The number of aryl methyl sites for hydroxylation is 1. The van der Waals surface area contributed by atoms with Gasteiger partial charge in [-0.2, -0.15) is 0 Å². The second-order valence-electron chi connectivity index (χ2n) is 10.3. The third-order valence-corrected chi connectivity index (χ3v) is 7.45. The van der Waals surface area contributed by atoms with Crippen LogP contribution in [-0.4, -0.2) is 41.8 Å². The van der Waals surface area contributed by atoms with Gasteiger partial charge in [0, 0.05) is 11.6 Å². The quantitative estimate of drug-likeness (QED) is 0.213. The van der Waals surface area contributed by atoms with Gasteiger partial charge in [-0.1, -0.05) is 78.9 Å². The van der Waals surface area contributed by atoms with Crippen molar-refractivity contribution in [3.8, 4) is 11.1 Å². The smallest absolute Gasteiger partial charge is 0.407 e. The van der Waals surface area contributed by atoms with Crippen LogP contribution in [0.25, 0.3) is 11.1 Å². The van der Waals surface area contributed by atoms with Crippen molar-refractivity contribution in [2.75, 3.05) is 11.9 Å². The number of hydrogen-bond donors (Lipinski definition) is 3. The zero-order chi connectivity index (χ0) is 29.6. The van der Waals surface area contributed by atoms with Gasteiger partial charge < -0.3 is 25.2 Å². The van der Waals surface area contributed by atoms with Crippen LogP contribution in [-0.2, 0) is 20.9 Å². The number of carboxylic acids is 1. The summed E-state index contributed by atoms with van der Waals surface area (Å²) in [5.74, 6) is -1.70. The zero-order valence-corrected chi connectivity index (χ0v) is 23.4. The van der Waals surface area contributed by atoms with Crippen LogP contribution < -0.4 is 10.6 Å². The minimum atomic E-state index is -1.09. The molecule has 0 radical (unpaired) electrons. The van der Waals surface area contributed by atoms with Gasteiger partial charge in [0.05, 0.1) is 18.3 Å². The van der Waals surface area contributed by atoms with Gasteiger partial charge in [-0.15, -0.1) is 0 Å². The number of carboxylic acid groups (broad SMARTS) is 1. The fourth-order valence-corrected chi connectivity index (χ4v) is 5.26. The highest BCUT2D eigenvalue weighted by atomic mass is 16.5. The van der Waals surface area contributed by atoms with Gasteiger partial charge >= 0.3 is 12.1 Å². The van der Waals surface area contributed by atoms with Gasteiger partial charge in [0.15, 0.2) is 0 Å². The monoisotopic (exact) mass is 564 g/mol. The first-order valence-corrected chi connectivity index (χ1v) is 13.7. The van der Waals surface area contributed by atoms with E-state index in [0.717, 1.165) is 27.8 Å². The van der Waals surface area contributed by atoms with Crippen LogP contribution in [0.4, 0.5) is 10.5 Å². The number of carbonyl (C=O) groups excluding carboxylic acids is 2. The maximum absolute atomic E-state index is 13.4. The molecule has 0 aromatic heterocycles. The topological polar surface area (TPSA) is 114 Å². The molecule has 0 fully saturated rings. The number of ether oxygens (including phenoxy) is 2. The lowest BCUT2D eigenvalue weighted by atomic mass is 9.98.